The van der Waals surface area contributed by atoms with E-state index in [0.29, 0.717) is 0 Å². The first kappa shape index (κ1) is 14.9. The fraction of sp³-hybridized carbons (Fsp3) is 0.571. The summed E-state index contributed by atoms with van der Waals surface area (Å²) in [7, 11) is -2.10. The first-order valence-corrected chi connectivity index (χ1v) is 8.59. The van der Waals surface area contributed by atoms with E-state index < -0.39 is 28.3 Å². The normalized spacial score (nSPS) is 25.2. The predicted octanol–water partition coefficient (Wildman–Crippen LogP) is 1.27. The average Bonchev–Trinajstić information content (AvgIpc) is 2.70. The van der Waals surface area contributed by atoms with Crippen molar-refractivity contribution in [2.75, 3.05) is 11.4 Å². The molecule has 0 amide bonds. The lowest BCUT2D eigenvalue weighted by Crippen LogP contribution is -2.41. The zero-order valence-electron chi connectivity index (χ0n) is 13.0. The van der Waals surface area contributed by atoms with Gasteiger partial charge in [-0.25, -0.2) is 8.42 Å². The Kier molecular flexibility index (Phi) is 3.00. The van der Waals surface area contributed by atoms with E-state index in [1.165, 1.54) is 4.31 Å². The van der Waals surface area contributed by atoms with Gasteiger partial charge in [0.2, 0.25) is 10.0 Å². The number of fused-ring (bicyclic) bond motifs is 1. The second-order valence-corrected chi connectivity index (χ2v) is 8.70. The largest absolute Gasteiger partial charge is 0.494 e. The van der Waals surface area contributed by atoms with Gasteiger partial charge in [0.15, 0.2) is 0 Å². The minimum Gasteiger partial charge on any atom is -0.399 e. The Morgan fingerprint density at radius 2 is 1.71 bits per heavy atom. The van der Waals surface area contributed by atoms with Gasteiger partial charge in [-0.05, 0) is 44.8 Å². The molecule has 0 aromatic heterocycles. The molecule has 21 heavy (non-hydrogen) atoms. The molecule has 114 valence electrons. The third kappa shape index (κ3) is 2.18. The van der Waals surface area contributed by atoms with E-state index in [9.17, 15) is 8.42 Å². The fourth-order valence-corrected chi connectivity index (χ4v) is 3.89. The molecule has 5 nitrogen and oxygen atoms in total. The molecule has 0 aliphatic carbocycles. The van der Waals surface area contributed by atoms with Gasteiger partial charge in [0.1, 0.15) is 0 Å². The van der Waals surface area contributed by atoms with Gasteiger partial charge >= 0.3 is 7.12 Å². The third-order valence-corrected chi connectivity index (χ3v) is 6.43. The monoisotopic (exact) mass is 309 g/mol. The highest BCUT2D eigenvalue weighted by molar-refractivity contribution is 7.92. The van der Waals surface area contributed by atoms with Crippen LogP contribution in [-0.4, -0.2) is 33.8 Å². The van der Waals surface area contributed by atoms with Crippen LogP contribution in [0, 0.1) is 0 Å². The summed E-state index contributed by atoms with van der Waals surface area (Å²) in [4.78, 5) is 0. The summed E-state index contributed by atoms with van der Waals surface area (Å²) in [6, 6.07) is 5.57. The van der Waals surface area contributed by atoms with Gasteiger partial charge in [-0.3, -0.25) is 4.31 Å². The molecule has 0 unspecified atom stereocenters. The van der Waals surface area contributed by atoms with Gasteiger partial charge in [0.05, 0.1) is 22.6 Å². The maximum absolute atomic E-state index is 11.9. The van der Waals surface area contributed by atoms with E-state index in [1.54, 1.807) is 7.05 Å². The van der Waals surface area contributed by atoms with Crippen molar-refractivity contribution in [3.05, 3.63) is 23.8 Å². The number of rotatable bonds is 1. The van der Waals surface area contributed by atoms with Gasteiger partial charge in [-0.2, -0.15) is 0 Å². The maximum atomic E-state index is 11.9. The molecular weight excluding hydrogens is 289 g/mol. The molecule has 1 fully saturated rings. The Hall–Kier alpha value is -1.05. The van der Waals surface area contributed by atoms with E-state index >= 15 is 0 Å². The topological polar surface area (TPSA) is 55.8 Å². The predicted molar refractivity (Wildman–Crippen MR) is 83.2 cm³/mol. The maximum Gasteiger partial charge on any atom is 0.494 e. The number of benzene rings is 1. The van der Waals surface area contributed by atoms with Crippen molar-refractivity contribution in [2.45, 2.75) is 44.6 Å². The van der Waals surface area contributed by atoms with Crippen molar-refractivity contribution in [3.63, 3.8) is 0 Å². The average molecular weight is 309 g/mol. The molecule has 7 heteroatoms. The molecule has 0 N–H and O–H groups in total. The lowest BCUT2D eigenvalue weighted by molar-refractivity contribution is 0.00578. The highest BCUT2D eigenvalue weighted by Gasteiger charge is 2.51. The molecular formula is C14H20BNO4S. The Morgan fingerprint density at radius 1 is 1.14 bits per heavy atom. The van der Waals surface area contributed by atoms with Gasteiger partial charge in [0, 0.05) is 7.05 Å². The standard InChI is InChI=1S/C14H20BNO4S/c1-13(2)14(3,4)20-15(19-13)11-6-7-12-10(8-11)9-21(17,18)16(12)5/h6-8H,9H2,1-5H3. The van der Waals surface area contributed by atoms with Gasteiger partial charge < -0.3 is 9.31 Å². The summed E-state index contributed by atoms with van der Waals surface area (Å²) < 4.78 is 37.2. The van der Waals surface area contributed by atoms with Crippen molar-refractivity contribution in [3.8, 4) is 0 Å². The summed E-state index contributed by atoms with van der Waals surface area (Å²) in [5.41, 5.74) is 1.58. The van der Waals surface area contributed by atoms with Crippen molar-refractivity contribution in [1.82, 2.24) is 0 Å². The molecule has 0 radical (unpaired) electrons. The number of sulfonamides is 1. The van der Waals surface area contributed by atoms with Crippen LogP contribution >= 0.6 is 0 Å². The number of hydrogen-bond acceptors (Lipinski definition) is 4. The van der Waals surface area contributed by atoms with Gasteiger partial charge in [-0.1, -0.05) is 12.1 Å². The highest BCUT2D eigenvalue weighted by Crippen LogP contribution is 2.37. The van der Waals surface area contributed by atoms with E-state index in [2.05, 4.69) is 0 Å². The zero-order chi connectivity index (χ0) is 15.6. The van der Waals surface area contributed by atoms with Crippen molar-refractivity contribution in [1.29, 1.82) is 0 Å². The zero-order valence-corrected chi connectivity index (χ0v) is 13.8. The lowest BCUT2D eigenvalue weighted by Gasteiger charge is -2.32. The summed E-state index contributed by atoms with van der Waals surface area (Å²) in [6.07, 6.45) is 0. The molecule has 2 heterocycles. The van der Waals surface area contributed by atoms with Gasteiger partial charge in [0.25, 0.3) is 0 Å². The second-order valence-electron chi connectivity index (χ2n) is 6.70. The number of anilines is 1. The van der Waals surface area contributed by atoms with Crippen LogP contribution < -0.4 is 9.77 Å². The first-order valence-electron chi connectivity index (χ1n) is 6.99. The minimum absolute atomic E-state index is 0.0339. The van der Waals surface area contributed by atoms with Crippen LogP contribution in [0.5, 0.6) is 0 Å². The molecule has 2 aliphatic rings. The Labute approximate surface area is 126 Å². The molecule has 1 saturated heterocycles. The van der Waals surface area contributed by atoms with E-state index in [0.717, 1.165) is 16.7 Å². The van der Waals surface area contributed by atoms with Crippen LogP contribution in [0.2, 0.25) is 0 Å². The van der Waals surface area contributed by atoms with E-state index in [4.69, 9.17) is 9.31 Å². The van der Waals surface area contributed by atoms with Crippen LogP contribution in [0.15, 0.2) is 18.2 Å². The Balaban J connectivity index is 1.95. The summed E-state index contributed by atoms with van der Waals surface area (Å²) >= 11 is 0. The quantitative estimate of drug-likeness (QED) is 0.733. The van der Waals surface area contributed by atoms with Crippen LogP contribution in [0.25, 0.3) is 0 Å². The Morgan fingerprint density at radius 3 is 2.29 bits per heavy atom. The summed E-state index contributed by atoms with van der Waals surface area (Å²) in [6.45, 7) is 7.99. The van der Waals surface area contributed by atoms with Gasteiger partial charge in [-0.15, -0.1) is 0 Å². The molecule has 1 aromatic rings. The second kappa shape index (κ2) is 4.24. The van der Waals surface area contributed by atoms with Crippen molar-refractivity contribution in [2.24, 2.45) is 0 Å². The molecule has 1 aromatic carbocycles. The fourth-order valence-electron chi connectivity index (χ4n) is 2.60. The number of nitrogens with zero attached hydrogens (tertiary/aromatic N) is 1. The SMILES string of the molecule is CN1c2ccc(B3OC(C)(C)C(C)(C)O3)cc2CS1(=O)=O. The number of hydrogen-bond donors (Lipinski definition) is 0. The molecule has 0 bridgehead atoms. The van der Waals surface area contributed by atoms with Crippen LogP contribution in [0.4, 0.5) is 5.69 Å². The smallest absolute Gasteiger partial charge is 0.399 e. The molecule has 0 saturated carbocycles. The third-order valence-electron chi connectivity index (χ3n) is 4.72. The minimum atomic E-state index is -3.22. The summed E-state index contributed by atoms with van der Waals surface area (Å²) in [5.74, 6) is 0.0339. The van der Waals surface area contributed by atoms with Crippen molar-refractivity contribution < 1.29 is 17.7 Å². The lowest BCUT2D eigenvalue weighted by atomic mass is 9.78. The van der Waals surface area contributed by atoms with E-state index in [-0.39, 0.29) is 5.75 Å². The highest BCUT2D eigenvalue weighted by atomic mass is 32.2. The Bertz CT molecular complexity index is 683. The van der Waals surface area contributed by atoms with Crippen LogP contribution in [-0.2, 0) is 25.1 Å². The molecule has 0 spiro atoms. The van der Waals surface area contributed by atoms with Crippen LogP contribution in [0.3, 0.4) is 0 Å². The molecule has 0 atom stereocenters. The first-order chi connectivity index (χ1) is 9.53. The summed E-state index contributed by atoms with van der Waals surface area (Å²) in [5, 5.41) is 0. The molecule has 3 rings (SSSR count). The molecule has 2 aliphatic heterocycles. The van der Waals surface area contributed by atoms with Crippen LogP contribution in [0.1, 0.15) is 33.3 Å². The van der Waals surface area contributed by atoms with Crippen molar-refractivity contribution >= 4 is 28.3 Å². The van der Waals surface area contributed by atoms with E-state index in [1.807, 2.05) is 45.9 Å².